The van der Waals surface area contributed by atoms with Crippen molar-refractivity contribution in [3.05, 3.63) is 5.89 Å². The van der Waals surface area contributed by atoms with Crippen LogP contribution in [0.1, 0.15) is 5.89 Å². The van der Waals surface area contributed by atoms with Crippen molar-refractivity contribution in [3.63, 3.8) is 0 Å². The summed E-state index contributed by atoms with van der Waals surface area (Å²) in [6.07, 6.45) is 2.09. The molecule has 1 rings (SSSR count). The van der Waals surface area contributed by atoms with Crippen LogP contribution in [0.3, 0.4) is 0 Å². The average molecular weight is 269 g/mol. The van der Waals surface area contributed by atoms with Crippen LogP contribution in [0.5, 0.6) is 0 Å². The SMILES string of the molecule is CS(=O)(=O)NCCc1nnc(S(C)(=O)=O)o1. The normalized spacial score (nSPS) is 12.9. The summed E-state index contributed by atoms with van der Waals surface area (Å²) in [5.41, 5.74) is 0. The van der Waals surface area contributed by atoms with Gasteiger partial charge in [-0.3, -0.25) is 0 Å². The first kappa shape index (κ1) is 13.1. The van der Waals surface area contributed by atoms with Crippen LogP contribution in [-0.2, 0) is 26.3 Å². The summed E-state index contributed by atoms with van der Waals surface area (Å²) in [6.45, 7) is 0.0736. The highest BCUT2D eigenvalue weighted by Gasteiger charge is 2.16. The zero-order chi connectivity index (χ0) is 12.4. The predicted octanol–water partition coefficient (Wildman–Crippen LogP) is -1.44. The van der Waals surface area contributed by atoms with Crippen molar-refractivity contribution >= 4 is 19.9 Å². The lowest BCUT2D eigenvalue weighted by molar-refractivity contribution is 0.397. The molecule has 16 heavy (non-hydrogen) atoms. The van der Waals surface area contributed by atoms with Crippen LogP contribution in [-0.4, -0.2) is 46.1 Å². The molecule has 0 bridgehead atoms. The summed E-state index contributed by atoms with van der Waals surface area (Å²) < 4.78 is 50.4. The molecule has 0 aromatic carbocycles. The number of nitrogens with one attached hydrogen (secondary N) is 1. The molecule has 0 aliphatic carbocycles. The van der Waals surface area contributed by atoms with Gasteiger partial charge in [0.2, 0.25) is 25.8 Å². The molecule has 1 N–H and O–H groups in total. The summed E-state index contributed by atoms with van der Waals surface area (Å²) in [5, 5.41) is 6.32. The molecule has 1 heterocycles. The molecule has 0 amide bonds. The predicted molar refractivity (Wildman–Crippen MR) is 54.0 cm³/mol. The van der Waals surface area contributed by atoms with Crippen molar-refractivity contribution in [2.75, 3.05) is 19.1 Å². The van der Waals surface area contributed by atoms with E-state index in [0.717, 1.165) is 12.5 Å². The summed E-state index contributed by atoms with van der Waals surface area (Å²) >= 11 is 0. The topological polar surface area (TPSA) is 119 Å². The zero-order valence-corrected chi connectivity index (χ0v) is 10.3. The van der Waals surface area contributed by atoms with Gasteiger partial charge >= 0.3 is 5.22 Å². The summed E-state index contributed by atoms with van der Waals surface area (Å²) in [4.78, 5) is 0. The first-order chi connectivity index (χ1) is 7.18. The van der Waals surface area contributed by atoms with Crippen LogP contribution >= 0.6 is 0 Å². The van der Waals surface area contributed by atoms with E-state index in [1.54, 1.807) is 0 Å². The van der Waals surface area contributed by atoms with Crippen molar-refractivity contribution in [2.45, 2.75) is 11.6 Å². The molecule has 0 radical (unpaired) electrons. The van der Waals surface area contributed by atoms with Gasteiger partial charge in [0.1, 0.15) is 0 Å². The number of hydrogen-bond donors (Lipinski definition) is 1. The number of aromatic nitrogens is 2. The van der Waals surface area contributed by atoms with Gasteiger partial charge in [-0.25, -0.2) is 21.6 Å². The quantitative estimate of drug-likeness (QED) is 0.695. The maximum atomic E-state index is 11.0. The third-order valence-corrected chi connectivity index (χ3v) is 3.00. The molecule has 92 valence electrons. The third kappa shape index (κ3) is 4.24. The molecule has 10 heteroatoms. The lowest BCUT2D eigenvalue weighted by Crippen LogP contribution is -2.24. The van der Waals surface area contributed by atoms with E-state index < -0.39 is 25.1 Å². The summed E-state index contributed by atoms with van der Waals surface area (Å²) in [6, 6.07) is 0. The molecule has 8 nitrogen and oxygen atoms in total. The van der Waals surface area contributed by atoms with Crippen molar-refractivity contribution in [1.82, 2.24) is 14.9 Å². The number of sulfonamides is 1. The van der Waals surface area contributed by atoms with Crippen molar-refractivity contribution in [1.29, 1.82) is 0 Å². The highest BCUT2D eigenvalue weighted by atomic mass is 32.2. The summed E-state index contributed by atoms with van der Waals surface area (Å²) in [5.74, 6) is 0.0663. The van der Waals surface area contributed by atoms with Crippen LogP contribution in [0.25, 0.3) is 0 Å². The van der Waals surface area contributed by atoms with Crippen molar-refractivity contribution in [2.24, 2.45) is 0 Å². The van der Waals surface area contributed by atoms with E-state index in [9.17, 15) is 16.8 Å². The molecule has 0 saturated carbocycles. The number of sulfone groups is 1. The minimum absolute atomic E-state index is 0.0663. The Balaban J connectivity index is 2.61. The molecular formula is C6H11N3O5S2. The van der Waals surface area contributed by atoms with Crippen molar-refractivity contribution in [3.8, 4) is 0 Å². The molecule has 0 unspecified atom stereocenters. The van der Waals surface area contributed by atoms with Crippen LogP contribution in [0.15, 0.2) is 9.64 Å². The van der Waals surface area contributed by atoms with E-state index >= 15 is 0 Å². The molecule has 0 aliphatic heterocycles. The second-order valence-corrected chi connectivity index (χ2v) is 6.88. The lowest BCUT2D eigenvalue weighted by atomic mass is 10.4. The van der Waals surface area contributed by atoms with Crippen LogP contribution in [0.2, 0.25) is 0 Å². The highest BCUT2D eigenvalue weighted by molar-refractivity contribution is 7.90. The standard InChI is InChI=1S/C6H11N3O5S2/c1-15(10,11)6-9-8-5(14-6)3-4-7-16(2,12)13/h7H,3-4H2,1-2H3. The zero-order valence-electron chi connectivity index (χ0n) is 8.67. The molecule has 0 spiro atoms. The van der Waals surface area contributed by atoms with Gasteiger partial charge in [-0.2, -0.15) is 0 Å². The van der Waals surface area contributed by atoms with E-state index in [-0.39, 0.29) is 18.9 Å². The third-order valence-electron chi connectivity index (χ3n) is 1.47. The number of hydrogen-bond acceptors (Lipinski definition) is 7. The van der Waals surface area contributed by atoms with Gasteiger partial charge in [0.05, 0.1) is 6.26 Å². The smallest absolute Gasteiger partial charge is 0.335 e. The average Bonchev–Trinajstić information content (AvgIpc) is 2.49. The fraction of sp³-hybridized carbons (Fsp3) is 0.667. The minimum atomic E-state index is -3.51. The van der Waals surface area contributed by atoms with Gasteiger partial charge in [0.15, 0.2) is 0 Å². The molecule has 0 fully saturated rings. The van der Waals surface area contributed by atoms with Gasteiger partial charge in [0.25, 0.3) is 0 Å². The van der Waals surface area contributed by atoms with Gasteiger partial charge in [0, 0.05) is 19.2 Å². The Morgan fingerprint density at radius 2 is 1.81 bits per heavy atom. The van der Waals surface area contributed by atoms with E-state index in [1.807, 2.05) is 0 Å². The summed E-state index contributed by atoms with van der Waals surface area (Å²) in [7, 11) is -6.79. The van der Waals surface area contributed by atoms with Crippen LogP contribution in [0, 0.1) is 0 Å². The van der Waals surface area contributed by atoms with E-state index in [4.69, 9.17) is 4.42 Å². The second kappa shape index (κ2) is 4.47. The van der Waals surface area contributed by atoms with Gasteiger partial charge in [-0.1, -0.05) is 5.10 Å². The minimum Gasteiger partial charge on any atom is -0.412 e. The Labute approximate surface area is 93.0 Å². The Morgan fingerprint density at radius 3 is 2.25 bits per heavy atom. The molecule has 1 aromatic rings. The Kier molecular flexibility index (Phi) is 3.65. The maximum absolute atomic E-state index is 11.0. The Bertz CT molecular complexity index is 559. The van der Waals surface area contributed by atoms with Gasteiger partial charge < -0.3 is 4.42 Å². The monoisotopic (exact) mass is 269 g/mol. The Morgan fingerprint density at radius 1 is 1.19 bits per heavy atom. The van der Waals surface area contributed by atoms with E-state index in [0.29, 0.717) is 0 Å². The molecular weight excluding hydrogens is 258 g/mol. The first-order valence-corrected chi connectivity index (χ1v) is 7.94. The van der Waals surface area contributed by atoms with Crippen LogP contribution < -0.4 is 4.72 Å². The second-order valence-electron chi connectivity index (χ2n) is 3.15. The molecule has 0 saturated heterocycles. The fourth-order valence-corrected chi connectivity index (χ4v) is 1.74. The van der Waals surface area contributed by atoms with Gasteiger partial charge in [-0.05, 0) is 0 Å². The van der Waals surface area contributed by atoms with Gasteiger partial charge in [-0.15, -0.1) is 5.10 Å². The molecule has 0 atom stereocenters. The van der Waals surface area contributed by atoms with Crippen LogP contribution in [0.4, 0.5) is 0 Å². The number of nitrogens with zero attached hydrogens (tertiary/aromatic N) is 2. The first-order valence-electron chi connectivity index (χ1n) is 4.15. The molecule has 1 aromatic heterocycles. The maximum Gasteiger partial charge on any atom is 0.335 e. The Hall–Kier alpha value is -1.00. The fourth-order valence-electron chi connectivity index (χ4n) is 0.832. The lowest BCUT2D eigenvalue weighted by Gasteiger charge is -1.97. The largest absolute Gasteiger partial charge is 0.412 e. The van der Waals surface area contributed by atoms with Crippen molar-refractivity contribution < 1.29 is 21.3 Å². The molecule has 0 aliphatic rings. The van der Waals surface area contributed by atoms with E-state index in [1.165, 1.54) is 0 Å². The van der Waals surface area contributed by atoms with E-state index in [2.05, 4.69) is 14.9 Å². The highest BCUT2D eigenvalue weighted by Crippen LogP contribution is 2.06. The number of rotatable bonds is 5.